The molecule has 0 aromatic heterocycles. The minimum atomic E-state index is -3.82. The van der Waals surface area contributed by atoms with Crippen molar-refractivity contribution in [1.82, 2.24) is 0 Å². The van der Waals surface area contributed by atoms with Gasteiger partial charge in [0.25, 0.3) is 0 Å². The van der Waals surface area contributed by atoms with Crippen LogP contribution in [0.2, 0.25) is 6.04 Å². The molecule has 1 atom stereocenters. The first kappa shape index (κ1) is 38.6. The lowest BCUT2D eigenvalue weighted by atomic mass is 10.0. The van der Waals surface area contributed by atoms with Gasteiger partial charge in [0.05, 0.1) is 27.2 Å². The van der Waals surface area contributed by atoms with Crippen LogP contribution in [-0.4, -0.2) is 80.4 Å². The molecule has 0 spiro atoms. The quantitative estimate of drug-likeness (QED) is 0.0941. The number of rotatable bonds is 26. The van der Waals surface area contributed by atoms with Crippen LogP contribution in [0.4, 0.5) is 0 Å². The first-order valence-electron chi connectivity index (χ1n) is 14.3. The van der Waals surface area contributed by atoms with Crippen molar-refractivity contribution < 1.29 is 43.9 Å². The van der Waals surface area contributed by atoms with Crippen molar-refractivity contribution in [2.24, 2.45) is 0 Å². The smallest absolute Gasteiger partial charge is 0.668 e. The number of unbranched alkanes of at least 4 members (excludes halogenated alkanes) is 15. The Morgan fingerprint density at radius 1 is 0.556 bits per heavy atom. The standard InChI is InChI=1S/C26H60NO6Si2.ClH/c1-7-8-9-10-11-12-13-14-15-16-17-18-19-20-21-22-24-27(2,3)25-23-26-34(28,30-4)33-35(29,31-5)32-6;/h28-29H,7-26H2,1-6H3;1H/q+1;/p-1. The molecular formula is C26H60ClNO6Si2. The highest BCUT2D eigenvalue weighted by molar-refractivity contribution is 6.70. The Kier molecular flexibility index (Phi) is 25.0. The van der Waals surface area contributed by atoms with Gasteiger partial charge in [0.1, 0.15) is 0 Å². The molecule has 0 radical (unpaired) electrons. The van der Waals surface area contributed by atoms with E-state index in [0.717, 1.165) is 24.0 Å². The Morgan fingerprint density at radius 2 is 0.917 bits per heavy atom. The second-order valence-electron chi connectivity index (χ2n) is 10.7. The van der Waals surface area contributed by atoms with E-state index >= 15 is 0 Å². The fourth-order valence-electron chi connectivity index (χ4n) is 4.49. The van der Waals surface area contributed by atoms with Gasteiger partial charge in [0.15, 0.2) is 0 Å². The Labute approximate surface area is 232 Å². The predicted molar refractivity (Wildman–Crippen MR) is 149 cm³/mol. The van der Waals surface area contributed by atoms with E-state index in [1.165, 1.54) is 124 Å². The number of hydrogen-bond donors (Lipinski definition) is 2. The summed E-state index contributed by atoms with van der Waals surface area (Å²) < 4.78 is 21.4. The molecule has 0 aliphatic carbocycles. The summed E-state index contributed by atoms with van der Waals surface area (Å²) in [6.07, 6.45) is 22.9. The van der Waals surface area contributed by atoms with Gasteiger partial charge in [0, 0.05) is 33.8 Å². The third-order valence-corrected chi connectivity index (χ3v) is 12.0. The molecule has 0 saturated carbocycles. The maximum Gasteiger partial charge on any atom is 0.668 e. The van der Waals surface area contributed by atoms with E-state index in [2.05, 4.69) is 21.0 Å². The number of quaternary nitrogens is 1. The molecular weight excluding hydrogens is 514 g/mol. The highest BCUT2D eigenvalue weighted by atomic mass is 35.5. The van der Waals surface area contributed by atoms with Crippen LogP contribution < -0.4 is 12.4 Å². The lowest BCUT2D eigenvalue weighted by Gasteiger charge is -2.32. The van der Waals surface area contributed by atoms with Crippen LogP contribution in [0.25, 0.3) is 0 Å². The third-order valence-electron chi connectivity index (χ3n) is 7.00. The molecule has 2 N–H and O–H groups in total. The minimum absolute atomic E-state index is 0. The Morgan fingerprint density at radius 3 is 1.28 bits per heavy atom. The molecule has 0 aliphatic rings. The van der Waals surface area contributed by atoms with Crippen molar-refractivity contribution in [2.45, 2.75) is 122 Å². The van der Waals surface area contributed by atoms with Gasteiger partial charge < -0.3 is 43.9 Å². The van der Waals surface area contributed by atoms with E-state index in [9.17, 15) is 9.59 Å². The lowest BCUT2D eigenvalue weighted by molar-refractivity contribution is -0.890. The van der Waals surface area contributed by atoms with Crippen LogP contribution in [0.15, 0.2) is 0 Å². The zero-order valence-corrected chi connectivity index (χ0v) is 27.3. The number of hydrogen-bond acceptors (Lipinski definition) is 6. The average Bonchev–Trinajstić information content (AvgIpc) is 2.83. The molecule has 36 heavy (non-hydrogen) atoms. The summed E-state index contributed by atoms with van der Waals surface area (Å²) in [5.41, 5.74) is 0. The maximum atomic E-state index is 10.6. The van der Waals surface area contributed by atoms with Crippen molar-refractivity contribution in [2.75, 3.05) is 48.5 Å². The zero-order chi connectivity index (χ0) is 26.5. The summed E-state index contributed by atoms with van der Waals surface area (Å²) >= 11 is 0. The van der Waals surface area contributed by atoms with Gasteiger partial charge in [-0.25, -0.2) is 0 Å². The number of halogens is 1. The maximum absolute atomic E-state index is 10.6. The topological polar surface area (TPSA) is 77.4 Å². The largest absolute Gasteiger partial charge is 1.00 e. The van der Waals surface area contributed by atoms with Crippen molar-refractivity contribution >= 4 is 17.9 Å². The lowest BCUT2D eigenvalue weighted by Crippen LogP contribution is -3.00. The monoisotopic (exact) mass is 573 g/mol. The molecule has 7 nitrogen and oxygen atoms in total. The molecule has 0 heterocycles. The highest BCUT2D eigenvalue weighted by Crippen LogP contribution is 2.19. The fourth-order valence-corrected chi connectivity index (χ4v) is 8.49. The van der Waals surface area contributed by atoms with Gasteiger partial charge in [-0.15, -0.1) is 0 Å². The molecule has 0 aromatic carbocycles. The van der Waals surface area contributed by atoms with Gasteiger partial charge >= 0.3 is 17.9 Å². The van der Waals surface area contributed by atoms with Crippen LogP contribution in [0, 0.1) is 0 Å². The summed E-state index contributed by atoms with van der Waals surface area (Å²) in [4.78, 5) is 20.8. The van der Waals surface area contributed by atoms with Crippen molar-refractivity contribution in [3.8, 4) is 0 Å². The Bertz CT molecular complexity index is 489. The normalized spacial score (nSPS) is 14.0. The minimum Gasteiger partial charge on any atom is -1.00 e. The van der Waals surface area contributed by atoms with Crippen LogP contribution >= 0.6 is 0 Å². The molecule has 0 rings (SSSR count). The van der Waals surface area contributed by atoms with Crippen LogP contribution in [0.1, 0.15) is 116 Å². The summed E-state index contributed by atoms with van der Waals surface area (Å²) in [6.45, 7) is 4.33. The predicted octanol–water partition coefficient (Wildman–Crippen LogP) is 3.03. The summed E-state index contributed by atoms with van der Waals surface area (Å²) in [7, 11) is 1.13. The van der Waals surface area contributed by atoms with Crippen LogP contribution in [0.5, 0.6) is 0 Å². The van der Waals surface area contributed by atoms with E-state index in [4.69, 9.17) is 17.4 Å². The Hall–Kier alpha value is 0.444. The molecule has 0 amide bonds. The van der Waals surface area contributed by atoms with Gasteiger partial charge in [-0.3, -0.25) is 0 Å². The van der Waals surface area contributed by atoms with E-state index < -0.39 is 17.9 Å². The van der Waals surface area contributed by atoms with E-state index in [1.54, 1.807) is 0 Å². The molecule has 0 aromatic rings. The molecule has 1 unspecified atom stereocenters. The Balaban J connectivity index is 0. The molecule has 0 fully saturated rings. The van der Waals surface area contributed by atoms with Gasteiger partial charge in [-0.05, 0) is 12.8 Å². The fraction of sp³-hybridized carbons (Fsp3) is 1.00. The molecule has 0 aliphatic heterocycles. The van der Waals surface area contributed by atoms with E-state index in [1.807, 2.05) is 0 Å². The van der Waals surface area contributed by atoms with Crippen molar-refractivity contribution in [3.63, 3.8) is 0 Å². The molecule has 0 saturated heterocycles. The van der Waals surface area contributed by atoms with Gasteiger partial charge in [-0.1, -0.05) is 96.8 Å². The molecule has 220 valence electrons. The third kappa shape index (κ3) is 21.4. The SMILES string of the molecule is CCCCCCCCCCCCCCCCCC[N+](C)(C)CCC[Si](O)(OC)O[Si](O)(OC)OC.[Cl-]. The van der Waals surface area contributed by atoms with E-state index in [-0.39, 0.29) is 12.4 Å². The van der Waals surface area contributed by atoms with Crippen molar-refractivity contribution in [3.05, 3.63) is 0 Å². The van der Waals surface area contributed by atoms with Crippen molar-refractivity contribution in [1.29, 1.82) is 0 Å². The summed E-state index contributed by atoms with van der Waals surface area (Å²) in [6, 6.07) is 0.367. The molecule has 0 bridgehead atoms. The molecule has 10 heteroatoms. The van der Waals surface area contributed by atoms with Gasteiger partial charge in [0.2, 0.25) is 0 Å². The van der Waals surface area contributed by atoms with Crippen LogP contribution in [0.3, 0.4) is 0 Å². The second-order valence-corrected chi connectivity index (χ2v) is 15.8. The first-order chi connectivity index (χ1) is 16.7. The second kappa shape index (κ2) is 23.3. The first-order valence-corrected chi connectivity index (χ1v) is 17.9. The number of nitrogens with zero attached hydrogens (tertiary/aromatic N) is 1. The summed E-state index contributed by atoms with van der Waals surface area (Å²) in [5, 5.41) is 0. The van der Waals surface area contributed by atoms with E-state index in [0.29, 0.717) is 6.04 Å². The zero-order valence-electron chi connectivity index (χ0n) is 24.5. The summed E-state index contributed by atoms with van der Waals surface area (Å²) in [5.74, 6) is 0. The van der Waals surface area contributed by atoms with Crippen LogP contribution in [-0.2, 0) is 17.4 Å². The van der Waals surface area contributed by atoms with Gasteiger partial charge in [-0.2, -0.15) is 0 Å². The highest BCUT2D eigenvalue weighted by Gasteiger charge is 2.51. The average molecular weight is 574 g/mol.